The Balaban J connectivity index is 1.56. The lowest BCUT2D eigenvalue weighted by Gasteiger charge is -2.31. The number of aryl methyl sites for hydroxylation is 1. The summed E-state index contributed by atoms with van der Waals surface area (Å²) in [5, 5.41) is 10.7. The second-order valence-electron chi connectivity index (χ2n) is 6.65. The first-order valence-electron chi connectivity index (χ1n) is 8.85. The maximum Gasteiger partial charge on any atom is 0.347 e. The number of methoxy groups -OCH3 is 1. The number of sulfonamides is 1. The fourth-order valence-electron chi connectivity index (χ4n) is 3.40. The molecule has 0 unspecified atom stereocenters. The Labute approximate surface area is 163 Å². The molecule has 1 fully saturated rings. The number of benzene rings is 1. The fourth-order valence-corrected chi connectivity index (χ4v) is 6.10. The van der Waals surface area contributed by atoms with E-state index in [-0.39, 0.29) is 9.77 Å². The summed E-state index contributed by atoms with van der Waals surface area (Å²) in [5.74, 6) is 0.115. The molecular weight excluding hydrogens is 386 g/mol. The summed E-state index contributed by atoms with van der Waals surface area (Å²) in [6, 6.07) is 9.40. The third kappa shape index (κ3) is 4.51. The average Bonchev–Trinajstić information content (AvgIpc) is 3.18. The Hall–Kier alpha value is -1.90. The van der Waals surface area contributed by atoms with Crippen LogP contribution in [0.25, 0.3) is 0 Å². The number of hydrogen-bond donors (Lipinski definition) is 1. The fraction of sp³-hybridized carbons (Fsp3) is 0.421. The topological polar surface area (TPSA) is 83.9 Å². The van der Waals surface area contributed by atoms with Gasteiger partial charge in [0, 0.05) is 13.1 Å². The number of carbonyl (C=O) groups is 1. The summed E-state index contributed by atoms with van der Waals surface area (Å²) < 4.78 is 32.1. The van der Waals surface area contributed by atoms with Gasteiger partial charge in [0.1, 0.15) is 15.5 Å². The van der Waals surface area contributed by atoms with E-state index in [0.717, 1.165) is 42.8 Å². The van der Waals surface area contributed by atoms with E-state index in [4.69, 9.17) is 4.74 Å². The number of hydrogen-bond acceptors (Lipinski definition) is 5. The van der Waals surface area contributed by atoms with Gasteiger partial charge in [-0.25, -0.2) is 13.2 Å². The number of thiophene rings is 1. The molecule has 1 aromatic carbocycles. The lowest BCUT2D eigenvalue weighted by molar-refractivity contribution is 0.0698. The van der Waals surface area contributed by atoms with E-state index in [2.05, 4.69) is 12.1 Å². The Morgan fingerprint density at radius 1 is 1.22 bits per heavy atom. The summed E-state index contributed by atoms with van der Waals surface area (Å²) in [7, 11) is -2.10. The van der Waals surface area contributed by atoms with E-state index in [9.17, 15) is 18.3 Å². The molecule has 1 aliphatic heterocycles. The molecule has 2 heterocycles. The van der Waals surface area contributed by atoms with Crippen molar-refractivity contribution in [1.29, 1.82) is 0 Å². The van der Waals surface area contributed by atoms with Crippen LogP contribution in [0.2, 0.25) is 0 Å². The summed E-state index contributed by atoms with van der Waals surface area (Å²) in [6.07, 6.45) is 3.55. The van der Waals surface area contributed by atoms with Gasteiger partial charge in [-0.2, -0.15) is 4.31 Å². The molecule has 3 rings (SSSR count). The number of aromatic carboxylic acids is 1. The van der Waals surface area contributed by atoms with E-state index in [1.807, 2.05) is 12.1 Å². The second-order valence-corrected chi connectivity index (χ2v) is 9.48. The van der Waals surface area contributed by atoms with Gasteiger partial charge >= 0.3 is 5.97 Å². The molecule has 27 heavy (non-hydrogen) atoms. The van der Waals surface area contributed by atoms with Gasteiger partial charge in [0.25, 0.3) is 0 Å². The van der Waals surface area contributed by atoms with Crippen LogP contribution in [0.5, 0.6) is 5.75 Å². The number of rotatable bonds is 7. The molecule has 8 heteroatoms. The van der Waals surface area contributed by atoms with Crippen LogP contribution in [-0.2, 0) is 16.4 Å². The van der Waals surface area contributed by atoms with Crippen molar-refractivity contribution < 1.29 is 23.1 Å². The standard InChI is InChI=1S/C19H23NO5S2/c1-25-16-6-4-14(5-7-16)2-3-15-8-11-20(12-9-15)27(23,24)17-10-13-26-18(17)19(21)22/h4-7,10,13,15H,2-3,8-9,11-12H2,1H3,(H,21,22). The number of carboxylic acids is 1. The van der Waals surface area contributed by atoms with Gasteiger partial charge in [-0.3, -0.25) is 0 Å². The molecule has 0 bridgehead atoms. The van der Waals surface area contributed by atoms with Crippen molar-refractivity contribution in [2.24, 2.45) is 5.92 Å². The minimum atomic E-state index is -3.74. The van der Waals surface area contributed by atoms with E-state index in [1.54, 1.807) is 7.11 Å². The quantitative estimate of drug-likeness (QED) is 0.757. The molecule has 146 valence electrons. The van der Waals surface area contributed by atoms with E-state index in [0.29, 0.717) is 19.0 Å². The maximum atomic E-state index is 12.8. The summed E-state index contributed by atoms with van der Waals surface area (Å²) in [5.41, 5.74) is 1.25. The molecule has 0 amide bonds. The van der Waals surface area contributed by atoms with Crippen molar-refractivity contribution in [1.82, 2.24) is 4.31 Å². The molecule has 0 radical (unpaired) electrons. The zero-order chi connectivity index (χ0) is 19.4. The van der Waals surface area contributed by atoms with E-state index in [1.165, 1.54) is 21.3 Å². The zero-order valence-corrected chi connectivity index (χ0v) is 16.8. The summed E-state index contributed by atoms with van der Waals surface area (Å²) >= 11 is 0.943. The van der Waals surface area contributed by atoms with Gasteiger partial charge in [0.05, 0.1) is 7.11 Å². The van der Waals surface area contributed by atoms with Crippen molar-refractivity contribution >= 4 is 27.3 Å². The van der Waals surface area contributed by atoms with Crippen LogP contribution in [0.3, 0.4) is 0 Å². The van der Waals surface area contributed by atoms with Crippen LogP contribution >= 0.6 is 11.3 Å². The highest BCUT2D eigenvalue weighted by atomic mass is 32.2. The normalized spacial score (nSPS) is 16.3. The van der Waals surface area contributed by atoms with Crippen LogP contribution < -0.4 is 4.74 Å². The third-order valence-electron chi connectivity index (χ3n) is 5.01. The van der Waals surface area contributed by atoms with Gasteiger partial charge in [0.2, 0.25) is 10.0 Å². The highest BCUT2D eigenvalue weighted by Crippen LogP contribution is 2.30. The highest BCUT2D eigenvalue weighted by molar-refractivity contribution is 7.89. The number of nitrogens with zero attached hydrogens (tertiary/aromatic N) is 1. The molecule has 1 aromatic heterocycles. The second kappa shape index (κ2) is 8.41. The lowest BCUT2D eigenvalue weighted by atomic mass is 9.91. The first-order chi connectivity index (χ1) is 12.9. The van der Waals surface area contributed by atoms with Crippen LogP contribution in [0.15, 0.2) is 40.6 Å². The molecule has 0 aliphatic carbocycles. The van der Waals surface area contributed by atoms with Crippen molar-refractivity contribution in [2.75, 3.05) is 20.2 Å². The molecule has 1 aliphatic rings. The molecule has 1 saturated heterocycles. The minimum Gasteiger partial charge on any atom is -0.497 e. The smallest absolute Gasteiger partial charge is 0.347 e. The molecule has 6 nitrogen and oxygen atoms in total. The largest absolute Gasteiger partial charge is 0.497 e. The average molecular weight is 410 g/mol. The molecule has 2 aromatic rings. The first-order valence-corrected chi connectivity index (χ1v) is 11.2. The SMILES string of the molecule is COc1ccc(CCC2CCN(S(=O)(=O)c3ccsc3C(=O)O)CC2)cc1. The summed E-state index contributed by atoms with van der Waals surface area (Å²) in [4.78, 5) is 11.0. The number of piperidine rings is 1. The van der Waals surface area contributed by atoms with Crippen molar-refractivity contribution in [3.63, 3.8) is 0 Å². The predicted molar refractivity (Wildman–Crippen MR) is 104 cm³/mol. The van der Waals surface area contributed by atoms with Gasteiger partial charge in [-0.1, -0.05) is 12.1 Å². The maximum absolute atomic E-state index is 12.8. The first kappa shape index (κ1) is 19.9. The Kier molecular flexibility index (Phi) is 6.18. The van der Waals surface area contributed by atoms with Crippen LogP contribution in [-0.4, -0.2) is 44.0 Å². The zero-order valence-electron chi connectivity index (χ0n) is 15.1. The van der Waals surface area contributed by atoms with Gasteiger partial charge in [0.15, 0.2) is 0 Å². The van der Waals surface area contributed by atoms with Gasteiger partial charge < -0.3 is 9.84 Å². The highest BCUT2D eigenvalue weighted by Gasteiger charge is 2.32. The van der Waals surface area contributed by atoms with Crippen LogP contribution in [0.4, 0.5) is 0 Å². The molecule has 0 spiro atoms. The van der Waals surface area contributed by atoms with Gasteiger partial charge in [-0.15, -0.1) is 11.3 Å². The van der Waals surface area contributed by atoms with Crippen molar-refractivity contribution in [3.05, 3.63) is 46.2 Å². The Bertz CT molecular complexity index is 881. The minimum absolute atomic E-state index is 0.0864. The van der Waals surface area contributed by atoms with E-state index < -0.39 is 16.0 Å². The number of ether oxygens (including phenoxy) is 1. The number of carboxylic acid groups (broad SMARTS) is 1. The Morgan fingerprint density at radius 2 is 1.89 bits per heavy atom. The lowest BCUT2D eigenvalue weighted by Crippen LogP contribution is -2.38. The van der Waals surface area contributed by atoms with E-state index >= 15 is 0 Å². The molecule has 0 saturated carbocycles. The predicted octanol–water partition coefficient (Wildman–Crippen LogP) is 3.49. The third-order valence-corrected chi connectivity index (χ3v) is 7.99. The molecular formula is C19H23NO5S2. The molecule has 0 atom stereocenters. The van der Waals surface area contributed by atoms with Crippen LogP contribution in [0.1, 0.15) is 34.5 Å². The van der Waals surface area contributed by atoms with Crippen LogP contribution in [0, 0.1) is 5.92 Å². The van der Waals surface area contributed by atoms with Crippen molar-refractivity contribution in [3.8, 4) is 5.75 Å². The monoisotopic (exact) mass is 409 g/mol. The van der Waals surface area contributed by atoms with Gasteiger partial charge in [-0.05, 0) is 60.7 Å². The Morgan fingerprint density at radius 3 is 2.48 bits per heavy atom. The molecule has 1 N–H and O–H groups in total. The van der Waals surface area contributed by atoms with Crippen molar-refractivity contribution in [2.45, 2.75) is 30.6 Å². The summed E-state index contributed by atoms with van der Waals surface area (Å²) in [6.45, 7) is 0.870.